The van der Waals surface area contributed by atoms with E-state index in [9.17, 15) is 14.4 Å². The lowest BCUT2D eigenvalue weighted by molar-refractivity contribution is -0.167. The van der Waals surface area contributed by atoms with E-state index >= 15 is 0 Å². The predicted octanol–water partition coefficient (Wildman–Crippen LogP) is 16.5. The van der Waals surface area contributed by atoms with Crippen molar-refractivity contribution in [2.75, 3.05) is 13.2 Å². The molecule has 344 valence electrons. The van der Waals surface area contributed by atoms with Crippen LogP contribution in [0.1, 0.15) is 265 Å². The molecule has 1 atom stereocenters. The van der Waals surface area contributed by atoms with Gasteiger partial charge in [-0.15, -0.1) is 0 Å². The monoisotopic (exact) mass is 829 g/mol. The van der Waals surface area contributed by atoms with Crippen LogP contribution < -0.4 is 0 Å². The number of hydrogen-bond donors (Lipinski definition) is 0. The molecule has 0 aliphatic rings. The molecule has 0 aliphatic heterocycles. The van der Waals surface area contributed by atoms with Gasteiger partial charge < -0.3 is 14.2 Å². The Morgan fingerprint density at radius 2 is 0.661 bits per heavy atom. The molecule has 0 aliphatic carbocycles. The first-order valence-corrected chi connectivity index (χ1v) is 25.5. The molecule has 1 unspecified atom stereocenters. The minimum atomic E-state index is -0.781. The lowest BCUT2D eigenvalue weighted by atomic mass is 10.0. The van der Waals surface area contributed by atoms with Crippen molar-refractivity contribution in [3.05, 3.63) is 36.5 Å². The zero-order valence-electron chi connectivity index (χ0n) is 39.3. The molecule has 0 saturated heterocycles. The maximum Gasteiger partial charge on any atom is 0.306 e. The standard InChI is InChI=1S/C53H96O6/c1-4-7-10-13-16-19-22-24-25-26-27-29-31-34-37-40-43-46-52(55)58-49-50(48-57-51(54)45-42-39-36-33-30-21-18-15-12-9-6-3)59-53(56)47-44-41-38-35-32-28-23-20-17-14-11-8-5-2/h8,11,17,20,28,32,50H,4-7,9-10,12-16,18-19,21-27,29-31,33-49H2,1-3H3/b11-8-,20-17-,32-28-. The smallest absolute Gasteiger partial charge is 0.306 e. The number of allylic oxidation sites excluding steroid dienone is 6. The van der Waals surface area contributed by atoms with Crippen LogP contribution in [-0.4, -0.2) is 37.2 Å². The summed E-state index contributed by atoms with van der Waals surface area (Å²) in [7, 11) is 0. The molecule has 0 heterocycles. The fourth-order valence-corrected chi connectivity index (χ4v) is 7.34. The maximum atomic E-state index is 12.7. The molecule has 0 rings (SSSR count). The van der Waals surface area contributed by atoms with Gasteiger partial charge in [-0.2, -0.15) is 0 Å². The molecule has 0 bridgehead atoms. The Bertz CT molecular complexity index is 1000. The minimum Gasteiger partial charge on any atom is -0.462 e. The van der Waals surface area contributed by atoms with Crippen molar-refractivity contribution in [3.63, 3.8) is 0 Å². The third kappa shape index (κ3) is 46.5. The van der Waals surface area contributed by atoms with E-state index in [1.54, 1.807) is 0 Å². The largest absolute Gasteiger partial charge is 0.462 e. The van der Waals surface area contributed by atoms with Gasteiger partial charge in [0.2, 0.25) is 0 Å². The van der Waals surface area contributed by atoms with Gasteiger partial charge in [0.1, 0.15) is 13.2 Å². The summed E-state index contributed by atoms with van der Waals surface area (Å²) in [6.07, 6.45) is 55.6. The van der Waals surface area contributed by atoms with Crippen LogP contribution in [0, 0.1) is 0 Å². The fourth-order valence-electron chi connectivity index (χ4n) is 7.34. The van der Waals surface area contributed by atoms with Crippen LogP contribution in [0.25, 0.3) is 0 Å². The fraction of sp³-hybridized carbons (Fsp3) is 0.830. The van der Waals surface area contributed by atoms with E-state index in [1.807, 2.05) is 0 Å². The van der Waals surface area contributed by atoms with Crippen molar-refractivity contribution < 1.29 is 28.6 Å². The van der Waals surface area contributed by atoms with Crippen LogP contribution in [0.2, 0.25) is 0 Å². The summed E-state index contributed by atoms with van der Waals surface area (Å²) in [4.78, 5) is 37.9. The predicted molar refractivity (Wildman–Crippen MR) is 252 cm³/mol. The summed E-state index contributed by atoms with van der Waals surface area (Å²) in [6, 6.07) is 0. The summed E-state index contributed by atoms with van der Waals surface area (Å²) in [6.45, 7) is 6.51. The summed E-state index contributed by atoms with van der Waals surface area (Å²) in [5.74, 6) is -0.900. The van der Waals surface area contributed by atoms with E-state index in [2.05, 4.69) is 57.2 Å². The Labute approximate surface area is 365 Å². The molecule has 0 aromatic heterocycles. The first-order chi connectivity index (χ1) is 29.0. The Morgan fingerprint density at radius 1 is 0.356 bits per heavy atom. The van der Waals surface area contributed by atoms with E-state index in [0.717, 1.165) is 83.5 Å². The van der Waals surface area contributed by atoms with Gasteiger partial charge >= 0.3 is 17.9 Å². The molecule has 0 aromatic rings. The molecule has 0 radical (unpaired) electrons. The summed E-state index contributed by atoms with van der Waals surface area (Å²) in [5, 5.41) is 0. The zero-order valence-corrected chi connectivity index (χ0v) is 39.3. The number of ether oxygens (including phenoxy) is 3. The Morgan fingerprint density at radius 3 is 1.03 bits per heavy atom. The lowest BCUT2D eigenvalue weighted by Crippen LogP contribution is -2.30. The minimum absolute atomic E-state index is 0.0800. The molecule has 0 spiro atoms. The molecule has 0 N–H and O–H groups in total. The molecule has 59 heavy (non-hydrogen) atoms. The number of carbonyl (C=O) groups excluding carboxylic acids is 3. The van der Waals surface area contributed by atoms with E-state index in [1.165, 1.54) is 141 Å². The molecule has 6 nitrogen and oxygen atoms in total. The SMILES string of the molecule is CC/C=C\C/C=C\C/C=C\CCCCCC(=O)OC(COC(=O)CCCCCCCCCCCCC)COC(=O)CCCCCCCCCCCCCCCCCCC. The zero-order chi connectivity index (χ0) is 43.0. The lowest BCUT2D eigenvalue weighted by Gasteiger charge is -2.18. The van der Waals surface area contributed by atoms with Gasteiger partial charge in [-0.05, 0) is 51.4 Å². The molecule has 6 heteroatoms. The second-order valence-electron chi connectivity index (χ2n) is 17.1. The molecular formula is C53H96O6. The van der Waals surface area contributed by atoms with E-state index in [4.69, 9.17) is 14.2 Å². The average Bonchev–Trinajstić information content (AvgIpc) is 3.23. The molecular weight excluding hydrogens is 733 g/mol. The van der Waals surface area contributed by atoms with Gasteiger partial charge in [-0.25, -0.2) is 0 Å². The number of hydrogen-bond acceptors (Lipinski definition) is 6. The third-order valence-electron chi connectivity index (χ3n) is 11.2. The Balaban J connectivity index is 4.34. The van der Waals surface area contributed by atoms with Crippen LogP contribution in [0.15, 0.2) is 36.5 Å². The van der Waals surface area contributed by atoms with Gasteiger partial charge in [0, 0.05) is 19.3 Å². The van der Waals surface area contributed by atoms with Crippen molar-refractivity contribution >= 4 is 17.9 Å². The highest BCUT2D eigenvalue weighted by atomic mass is 16.6. The van der Waals surface area contributed by atoms with Crippen LogP contribution in [0.5, 0.6) is 0 Å². The van der Waals surface area contributed by atoms with Crippen LogP contribution in [0.4, 0.5) is 0 Å². The Hall–Kier alpha value is -2.37. The highest BCUT2D eigenvalue weighted by Gasteiger charge is 2.19. The van der Waals surface area contributed by atoms with Crippen LogP contribution >= 0.6 is 0 Å². The number of unbranched alkanes of at least 4 members (excludes halogenated alkanes) is 29. The molecule has 0 aromatic carbocycles. The third-order valence-corrected chi connectivity index (χ3v) is 11.2. The van der Waals surface area contributed by atoms with Crippen molar-refractivity contribution in [2.45, 2.75) is 271 Å². The Kier molecular flexibility index (Phi) is 46.4. The van der Waals surface area contributed by atoms with E-state index < -0.39 is 6.10 Å². The van der Waals surface area contributed by atoms with Crippen molar-refractivity contribution in [1.29, 1.82) is 0 Å². The quantitative estimate of drug-likeness (QED) is 0.0263. The van der Waals surface area contributed by atoms with Gasteiger partial charge in [0.25, 0.3) is 0 Å². The highest BCUT2D eigenvalue weighted by molar-refractivity contribution is 5.71. The summed E-state index contributed by atoms with van der Waals surface area (Å²) >= 11 is 0. The molecule has 0 saturated carbocycles. The van der Waals surface area contributed by atoms with E-state index in [-0.39, 0.29) is 31.1 Å². The second-order valence-corrected chi connectivity index (χ2v) is 17.1. The van der Waals surface area contributed by atoms with E-state index in [0.29, 0.717) is 19.3 Å². The number of esters is 3. The summed E-state index contributed by atoms with van der Waals surface area (Å²) < 4.78 is 16.8. The summed E-state index contributed by atoms with van der Waals surface area (Å²) in [5.41, 5.74) is 0. The number of carbonyl (C=O) groups is 3. The average molecular weight is 829 g/mol. The highest BCUT2D eigenvalue weighted by Crippen LogP contribution is 2.16. The topological polar surface area (TPSA) is 78.9 Å². The van der Waals surface area contributed by atoms with Crippen molar-refractivity contribution in [2.24, 2.45) is 0 Å². The van der Waals surface area contributed by atoms with Gasteiger partial charge in [-0.3, -0.25) is 14.4 Å². The van der Waals surface area contributed by atoms with Gasteiger partial charge in [0.15, 0.2) is 6.10 Å². The maximum absolute atomic E-state index is 12.7. The van der Waals surface area contributed by atoms with Crippen LogP contribution in [-0.2, 0) is 28.6 Å². The van der Waals surface area contributed by atoms with Gasteiger partial charge in [0.05, 0.1) is 0 Å². The molecule has 0 fully saturated rings. The normalized spacial score (nSPS) is 12.3. The van der Waals surface area contributed by atoms with Crippen molar-refractivity contribution in [1.82, 2.24) is 0 Å². The van der Waals surface area contributed by atoms with Crippen LogP contribution in [0.3, 0.4) is 0 Å². The van der Waals surface area contributed by atoms with Gasteiger partial charge in [-0.1, -0.05) is 231 Å². The van der Waals surface area contributed by atoms with Crippen molar-refractivity contribution in [3.8, 4) is 0 Å². The second kappa shape index (κ2) is 48.3. The molecule has 0 amide bonds. The number of rotatable bonds is 46. The first-order valence-electron chi connectivity index (χ1n) is 25.5. The first kappa shape index (κ1) is 56.6.